The van der Waals surface area contributed by atoms with Crippen LogP contribution < -0.4 is 10.6 Å². The molecule has 1 unspecified atom stereocenters. The topological polar surface area (TPSA) is 124 Å². The van der Waals surface area contributed by atoms with Gasteiger partial charge in [-0.15, -0.1) is 0 Å². The van der Waals surface area contributed by atoms with E-state index < -0.39 is 41.6 Å². The number of pyridine rings is 1. The van der Waals surface area contributed by atoms with Gasteiger partial charge in [-0.2, -0.15) is 5.10 Å². The van der Waals surface area contributed by atoms with Gasteiger partial charge in [0.2, 0.25) is 5.91 Å². The normalized spacial score (nSPS) is 13.2. The van der Waals surface area contributed by atoms with E-state index in [2.05, 4.69) is 20.7 Å². The molecule has 0 bridgehead atoms. The summed E-state index contributed by atoms with van der Waals surface area (Å²) >= 11 is 0. The highest BCUT2D eigenvalue weighted by Crippen LogP contribution is 2.41. The highest BCUT2D eigenvalue weighted by molar-refractivity contribution is 6.07. The summed E-state index contributed by atoms with van der Waals surface area (Å²) in [6.07, 6.45) is 3.74. The number of halogens is 1. The Bertz CT molecular complexity index is 2050. The second kappa shape index (κ2) is 15.8. The summed E-state index contributed by atoms with van der Waals surface area (Å²) in [6, 6.07) is 32.5. The van der Waals surface area contributed by atoms with Crippen LogP contribution in [0, 0.1) is 5.82 Å². The van der Waals surface area contributed by atoms with Crippen LogP contribution in [0.15, 0.2) is 134 Å². The van der Waals surface area contributed by atoms with Crippen LogP contribution in [-0.2, 0) is 24.7 Å². The minimum atomic E-state index is -1.25. The summed E-state index contributed by atoms with van der Waals surface area (Å²) in [5, 5.41) is 10.5. The molecule has 3 atom stereocenters. The number of carbonyl (C=O) groups excluding carboxylic acids is 3. The van der Waals surface area contributed by atoms with Gasteiger partial charge in [-0.1, -0.05) is 97.9 Å². The van der Waals surface area contributed by atoms with Crippen molar-refractivity contribution in [3.05, 3.63) is 162 Å². The van der Waals surface area contributed by atoms with E-state index in [4.69, 9.17) is 9.47 Å². The zero-order valence-electron chi connectivity index (χ0n) is 28.9. The average molecular weight is 700 g/mol. The van der Waals surface area contributed by atoms with Crippen molar-refractivity contribution in [2.75, 3.05) is 7.11 Å². The van der Waals surface area contributed by atoms with E-state index in [-0.39, 0.29) is 17.8 Å². The lowest BCUT2D eigenvalue weighted by Crippen LogP contribution is -2.56. The van der Waals surface area contributed by atoms with E-state index in [0.29, 0.717) is 16.6 Å². The zero-order chi connectivity index (χ0) is 36.7. The van der Waals surface area contributed by atoms with Gasteiger partial charge in [0.1, 0.15) is 17.5 Å². The molecule has 0 radical (unpaired) electrons. The molecule has 52 heavy (non-hydrogen) atoms. The molecule has 0 aliphatic heterocycles. The number of carbonyl (C=O) groups is 3. The molecule has 6 aromatic rings. The molecule has 264 valence electrons. The van der Waals surface area contributed by atoms with Crippen molar-refractivity contribution >= 4 is 28.7 Å². The molecule has 4 aromatic carbocycles. The summed E-state index contributed by atoms with van der Waals surface area (Å²) in [5.74, 6) is -2.27. The van der Waals surface area contributed by atoms with E-state index >= 15 is 0 Å². The lowest BCUT2D eigenvalue weighted by molar-refractivity contribution is -0.153. The third-order valence-corrected chi connectivity index (χ3v) is 8.97. The van der Waals surface area contributed by atoms with Crippen molar-refractivity contribution in [1.82, 2.24) is 25.4 Å². The molecule has 0 aliphatic rings. The quantitative estimate of drug-likeness (QED) is 0.110. The van der Waals surface area contributed by atoms with E-state index in [1.54, 1.807) is 36.9 Å². The maximum Gasteiger partial charge on any atom is 0.331 e. The maximum atomic E-state index is 13.9. The van der Waals surface area contributed by atoms with Crippen LogP contribution in [0.2, 0.25) is 0 Å². The molecule has 11 heteroatoms. The van der Waals surface area contributed by atoms with E-state index in [1.165, 1.54) is 31.6 Å². The number of hydrogen-bond donors (Lipinski definition) is 2. The summed E-state index contributed by atoms with van der Waals surface area (Å²) in [6.45, 7) is 3.45. The first kappa shape index (κ1) is 35.6. The first-order valence-electron chi connectivity index (χ1n) is 16.9. The van der Waals surface area contributed by atoms with Crippen LogP contribution in [0.25, 0.3) is 16.6 Å². The van der Waals surface area contributed by atoms with Crippen LogP contribution in [-0.4, -0.2) is 57.8 Å². The van der Waals surface area contributed by atoms with E-state index in [0.717, 1.165) is 16.7 Å². The number of hydrogen-bond acceptors (Lipinski definition) is 7. The van der Waals surface area contributed by atoms with Crippen LogP contribution in [0.1, 0.15) is 47.3 Å². The van der Waals surface area contributed by atoms with Gasteiger partial charge in [-0.25, -0.2) is 13.9 Å². The molecule has 6 rings (SSSR count). The molecule has 2 aromatic heterocycles. The number of benzene rings is 4. The molecular weight excluding hydrogens is 661 g/mol. The van der Waals surface area contributed by atoms with Crippen molar-refractivity contribution in [3.63, 3.8) is 0 Å². The molecular formula is C41H38FN5O5. The number of amides is 2. The van der Waals surface area contributed by atoms with Crippen molar-refractivity contribution in [2.24, 2.45) is 0 Å². The van der Waals surface area contributed by atoms with Crippen molar-refractivity contribution in [3.8, 4) is 5.69 Å². The summed E-state index contributed by atoms with van der Waals surface area (Å²) < 4.78 is 27.3. The monoisotopic (exact) mass is 699 g/mol. The minimum Gasteiger partial charge on any atom is -0.467 e. The van der Waals surface area contributed by atoms with Gasteiger partial charge in [0.15, 0.2) is 6.04 Å². The number of rotatable bonds is 13. The fourth-order valence-electron chi connectivity index (χ4n) is 6.32. The molecule has 2 heterocycles. The van der Waals surface area contributed by atoms with Crippen LogP contribution >= 0.6 is 0 Å². The number of ether oxygens (including phenoxy) is 2. The summed E-state index contributed by atoms with van der Waals surface area (Å²) in [7, 11) is 1.24. The number of fused-ring (bicyclic) bond motifs is 1. The second-order valence-electron chi connectivity index (χ2n) is 12.2. The first-order valence-corrected chi connectivity index (χ1v) is 16.9. The second-order valence-corrected chi connectivity index (χ2v) is 12.2. The largest absolute Gasteiger partial charge is 0.467 e. The highest BCUT2D eigenvalue weighted by atomic mass is 19.1. The smallest absolute Gasteiger partial charge is 0.331 e. The number of esters is 1. The van der Waals surface area contributed by atoms with E-state index in [9.17, 15) is 18.8 Å². The summed E-state index contributed by atoms with van der Waals surface area (Å²) in [4.78, 5) is 45.1. The van der Waals surface area contributed by atoms with Crippen molar-refractivity contribution < 1.29 is 28.2 Å². The van der Waals surface area contributed by atoms with Crippen molar-refractivity contribution in [2.45, 2.75) is 44.1 Å². The molecule has 0 saturated heterocycles. The molecule has 2 amide bonds. The Hall–Kier alpha value is -6.20. The third kappa shape index (κ3) is 7.17. The van der Waals surface area contributed by atoms with Crippen LogP contribution in [0.4, 0.5) is 4.39 Å². The first-order chi connectivity index (χ1) is 25.3. The Morgan fingerprint density at radius 1 is 0.788 bits per heavy atom. The zero-order valence-corrected chi connectivity index (χ0v) is 28.9. The molecule has 10 nitrogen and oxygen atoms in total. The third-order valence-electron chi connectivity index (χ3n) is 8.97. The van der Waals surface area contributed by atoms with E-state index in [1.807, 2.05) is 91.0 Å². The van der Waals surface area contributed by atoms with Gasteiger partial charge in [0.05, 0.1) is 42.4 Å². The number of methoxy groups -OCH3 is 1. The SMILES string of the molecule is CCC(NC(=O)c1cncc2c1cnn2-c1ccc(F)cc1)C(=O)N[C@H](C(=O)OC)[C@@H](C)OC(c1ccccc1)(c1ccccc1)c1ccccc1. The summed E-state index contributed by atoms with van der Waals surface area (Å²) in [5.41, 5.74) is 2.57. The van der Waals surface area contributed by atoms with Gasteiger partial charge < -0.3 is 20.1 Å². The highest BCUT2D eigenvalue weighted by Gasteiger charge is 2.42. The average Bonchev–Trinajstić information content (AvgIpc) is 3.63. The number of nitrogens with zero attached hydrogens (tertiary/aromatic N) is 3. The Labute approximate surface area is 300 Å². The van der Waals surface area contributed by atoms with Crippen molar-refractivity contribution in [1.29, 1.82) is 0 Å². The molecule has 0 spiro atoms. The molecule has 0 aliphatic carbocycles. The van der Waals surface area contributed by atoms with Crippen LogP contribution in [0.5, 0.6) is 0 Å². The van der Waals surface area contributed by atoms with Gasteiger partial charge in [0, 0.05) is 11.6 Å². The predicted octanol–water partition coefficient (Wildman–Crippen LogP) is 6.12. The fraction of sp³-hybridized carbons (Fsp3) is 0.195. The predicted molar refractivity (Wildman–Crippen MR) is 194 cm³/mol. The maximum absolute atomic E-state index is 13.9. The Morgan fingerprint density at radius 2 is 1.35 bits per heavy atom. The van der Waals surface area contributed by atoms with Gasteiger partial charge in [-0.3, -0.25) is 14.6 Å². The van der Waals surface area contributed by atoms with Gasteiger partial charge in [0.25, 0.3) is 5.91 Å². The fourth-order valence-corrected chi connectivity index (χ4v) is 6.32. The Balaban J connectivity index is 1.27. The van der Waals surface area contributed by atoms with Gasteiger partial charge >= 0.3 is 5.97 Å². The lowest BCUT2D eigenvalue weighted by atomic mass is 9.79. The molecule has 0 saturated carbocycles. The number of nitrogens with one attached hydrogen (secondary N) is 2. The molecule has 2 N–H and O–H groups in total. The Kier molecular flexibility index (Phi) is 10.8. The Morgan fingerprint density at radius 3 is 1.87 bits per heavy atom. The standard InChI is InChI=1S/C41H38FN5O5/c1-4-35(45-38(48)34-24-43-26-36-33(34)25-44-47(36)32-22-20-31(42)21-23-32)39(49)46-37(40(50)51-3)27(2)52-41(28-14-8-5-9-15-28,29-16-10-6-11-17-29)30-18-12-7-13-19-30/h5-27,35,37H,4H2,1-3H3,(H,45,48)(H,46,49)/t27-,35?,37+/m1/s1. The minimum absolute atomic E-state index is 0.191. The number of aromatic nitrogens is 3. The van der Waals surface area contributed by atoms with Gasteiger partial charge in [-0.05, 0) is 54.3 Å². The molecule has 0 fully saturated rings. The lowest BCUT2D eigenvalue weighted by Gasteiger charge is -2.39. The van der Waals surface area contributed by atoms with Crippen LogP contribution in [0.3, 0.4) is 0 Å².